The average molecular weight is 241 g/mol. The van der Waals surface area contributed by atoms with E-state index in [0.29, 0.717) is 0 Å². The molecule has 0 aliphatic heterocycles. The molecule has 0 radical (unpaired) electrons. The van der Waals surface area contributed by atoms with Crippen molar-refractivity contribution >= 4 is 25.8 Å². The largest absolute Gasteiger partial charge is 0.223 e. The first-order valence-electron chi connectivity index (χ1n) is 3.57. The summed E-state index contributed by atoms with van der Waals surface area (Å²) in [4.78, 5) is 0. The van der Waals surface area contributed by atoms with Gasteiger partial charge < -0.3 is 0 Å². The zero-order valence-electron chi connectivity index (χ0n) is 6.59. The van der Waals surface area contributed by atoms with E-state index in [1.165, 1.54) is 5.41 Å². The van der Waals surface area contributed by atoms with E-state index in [1.54, 1.807) is 6.08 Å². The fourth-order valence-corrected chi connectivity index (χ4v) is 1.53. The van der Waals surface area contributed by atoms with Gasteiger partial charge in [0.1, 0.15) is 4.66 Å². The summed E-state index contributed by atoms with van der Waals surface area (Å²) in [5.74, 6) is 0. The van der Waals surface area contributed by atoms with Crippen LogP contribution in [0.2, 0.25) is 0 Å². The summed E-state index contributed by atoms with van der Waals surface area (Å²) in [6.07, 6.45) is 4.70. The van der Waals surface area contributed by atoms with Crippen LogP contribution in [0.5, 0.6) is 0 Å². The molecule has 0 aliphatic carbocycles. The standard InChI is InChI=1S/C7H13BrO2S/c1-2-3-4-5-6-11(9,10)7-8/h5-6H,2-4,7H2,1H3/b6-5+. The second kappa shape index (κ2) is 5.77. The molecule has 66 valence electrons. The Morgan fingerprint density at radius 1 is 1.45 bits per heavy atom. The second-order valence-corrected chi connectivity index (χ2v) is 5.48. The smallest absolute Gasteiger partial charge is 0.181 e. The van der Waals surface area contributed by atoms with Gasteiger partial charge in [-0.05, 0) is 6.42 Å². The van der Waals surface area contributed by atoms with E-state index >= 15 is 0 Å². The molecule has 0 spiro atoms. The van der Waals surface area contributed by atoms with Crippen molar-refractivity contribution in [3.8, 4) is 0 Å². The summed E-state index contributed by atoms with van der Waals surface area (Å²) in [5, 5.41) is 1.28. The van der Waals surface area contributed by atoms with E-state index in [4.69, 9.17) is 0 Å². The van der Waals surface area contributed by atoms with E-state index in [9.17, 15) is 8.42 Å². The molecule has 0 aromatic carbocycles. The van der Waals surface area contributed by atoms with Crippen molar-refractivity contribution in [3.05, 3.63) is 11.5 Å². The predicted molar refractivity (Wildman–Crippen MR) is 51.4 cm³/mol. The number of rotatable bonds is 5. The van der Waals surface area contributed by atoms with Crippen molar-refractivity contribution in [1.29, 1.82) is 0 Å². The zero-order valence-corrected chi connectivity index (χ0v) is 8.99. The molecule has 0 aromatic rings. The van der Waals surface area contributed by atoms with Gasteiger partial charge in [-0.25, -0.2) is 8.42 Å². The van der Waals surface area contributed by atoms with Gasteiger partial charge in [-0.15, -0.1) is 0 Å². The molecule has 0 rings (SSSR count). The van der Waals surface area contributed by atoms with Crippen LogP contribution in [0, 0.1) is 0 Å². The average Bonchev–Trinajstić information content (AvgIpc) is 1.99. The zero-order chi connectivity index (χ0) is 8.74. The number of unbranched alkanes of at least 4 members (excludes halogenated alkanes) is 2. The summed E-state index contributed by atoms with van der Waals surface area (Å²) >= 11 is 2.90. The van der Waals surface area contributed by atoms with Crippen LogP contribution in [0.1, 0.15) is 26.2 Å². The predicted octanol–water partition coefficient (Wildman–Crippen LogP) is 2.46. The monoisotopic (exact) mass is 240 g/mol. The SMILES string of the molecule is CCCC/C=C/S(=O)(=O)CBr. The number of allylic oxidation sites excluding steroid dienone is 1. The molecular weight excluding hydrogens is 228 g/mol. The van der Waals surface area contributed by atoms with Crippen molar-refractivity contribution in [2.24, 2.45) is 0 Å². The molecule has 0 saturated carbocycles. The molecule has 4 heteroatoms. The summed E-state index contributed by atoms with van der Waals surface area (Å²) in [6.45, 7) is 2.08. The van der Waals surface area contributed by atoms with Crippen molar-refractivity contribution in [2.45, 2.75) is 26.2 Å². The minimum Gasteiger partial charge on any atom is -0.223 e. The van der Waals surface area contributed by atoms with Gasteiger partial charge >= 0.3 is 0 Å². The van der Waals surface area contributed by atoms with Crippen molar-refractivity contribution in [3.63, 3.8) is 0 Å². The third-order valence-electron chi connectivity index (χ3n) is 1.18. The fourth-order valence-electron chi connectivity index (χ4n) is 0.573. The lowest BCUT2D eigenvalue weighted by molar-refractivity contribution is 0.609. The Morgan fingerprint density at radius 2 is 2.09 bits per heavy atom. The highest BCUT2D eigenvalue weighted by Gasteiger charge is 1.99. The molecule has 0 N–H and O–H groups in total. The Hall–Kier alpha value is 0.170. The van der Waals surface area contributed by atoms with E-state index in [2.05, 4.69) is 22.9 Å². The van der Waals surface area contributed by atoms with Gasteiger partial charge in [0.15, 0.2) is 9.84 Å². The van der Waals surface area contributed by atoms with Gasteiger partial charge in [-0.1, -0.05) is 41.8 Å². The molecule has 0 aliphatic rings. The lowest BCUT2D eigenvalue weighted by Gasteiger charge is -1.90. The van der Waals surface area contributed by atoms with Gasteiger partial charge in [0.25, 0.3) is 0 Å². The third-order valence-corrected chi connectivity index (χ3v) is 4.01. The van der Waals surface area contributed by atoms with Crippen LogP contribution in [0.3, 0.4) is 0 Å². The van der Waals surface area contributed by atoms with Gasteiger partial charge in [-0.2, -0.15) is 0 Å². The minimum absolute atomic E-state index is 0.0165. The molecule has 0 unspecified atom stereocenters. The Bertz CT molecular complexity index is 206. The van der Waals surface area contributed by atoms with Crippen LogP contribution in [-0.2, 0) is 9.84 Å². The number of hydrogen-bond donors (Lipinski definition) is 0. The van der Waals surface area contributed by atoms with E-state index in [-0.39, 0.29) is 4.66 Å². The minimum atomic E-state index is -2.96. The Kier molecular flexibility index (Phi) is 5.86. The molecule has 0 atom stereocenters. The molecule has 0 fully saturated rings. The first kappa shape index (κ1) is 11.2. The quantitative estimate of drug-likeness (QED) is 0.547. The number of sulfone groups is 1. The molecule has 0 saturated heterocycles. The first-order chi connectivity index (χ1) is 5.12. The number of alkyl halides is 1. The summed E-state index contributed by atoms with van der Waals surface area (Å²) < 4.78 is 21.7. The van der Waals surface area contributed by atoms with Crippen LogP contribution in [-0.4, -0.2) is 13.1 Å². The second-order valence-electron chi connectivity index (χ2n) is 2.29. The van der Waals surface area contributed by atoms with Gasteiger partial charge in [0.2, 0.25) is 0 Å². The maximum absolute atomic E-state index is 10.8. The number of hydrogen-bond acceptors (Lipinski definition) is 2. The van der Waals surface area contributed by atoms with E-state index in [1.807, 2.05) is 0 Å². The molecular formula is C7H13BrO2S. The maximum atomic E-state index is 10.8. The highest BCUT2D eigenvalue weighted by molar-refractivity contribution is 9.10. The van der Waals surface area contributed by atoms with E-state index in [0.717, 1.165) is 19.3 Å². The van der Waals surface area contributed by atoms with E-state index < -0.39 is 9.84 Å². The summed E-state index contributed by atoms with van der Waals surface area (Å²) in [7, 11) is -2.96. The van der Waals surface area contributed by atoms with Crippen LogP contribution in [0.15, 0.2) is 11.5 Å². The van der Waals surface area contributed by atoms with Crippen LogP contribution in [0.4, 0.5) is 0 Å². The van der Waals surface area contributed by atoms with Crippen molar-refractivity contribution < 1.29 is 8.42 Å². The lowest BCUT2D eigenvalue weighted by Crippen LogP contribution is -1.93. The molecule has 2 nitrogen and oxygen atoms in total. The van der Waals surface area contributed by atoms with Crippen LogP contribution >= 0.6 is 15.9 Å². The third kappa shape index (κ3) is 6.56. The fraction of sp³-hybridized carbons (Fsp3) is 0.714. The molecule has 0 bridgehead atoms. The summed E-state index contributed by atoms with van der Waals surface area (Å²) in [5.41, 5.74) is 0. The summed E-state index contributed by atoms with van der Waals surface area (Å²) in [6, 6.07) is 0. The first-order valence-corrected chi connectivity index (χ1v) is 6.41. The van der Waals surface area contributed by atoms with Gasteiger partial charge in [-0.3, -0.25) is 0 Å². The highest BCUT2D eigenvalue weighted by Crippen LogP contribution is 2.01. The molecule has 11 heavy (non-hydrogen) atoms. The Morgan fingerprint density at radius 3 is 2.55 bits per heavy atom. The van der Waals surface area contributed by atoms with Crippen molar-refractivity contribution in [1.82, 2.24) is 0 Å². The van der Waals surface area contributed by atoms with Crippen molar-refractivity contribution in [2.75, 3.05) is 4.66 Å². The molecule has 0 amide bonds. The van der Waals surface area contributed by atoms with Crippen LogP contribution in [0.25, 0.3) is 0 Å². The maximum Gasteiger partial charge on any atom is 0.181 e. The highest BCUT2D eigenvalue weighted by atomic mass is 79.9. The Labute approximate surface area is 76.7 Å². The molecule has 0 heterocycles. The van der Waals surface area contributed by atoms with Crippen LogP contribution < -0.4 is 0 Å². The topological polar surface area (TPSA) is 34.1 Å². The normalized spacial score (nSPS) is 12.5. The lowest BCUT2D eigenvalue weighted by atomic mass is 10.2. The molecule has 0 aromatic heterocycles. The Balaban J connectivity index is 3.74. The number of halogens is 1. The van der Waals surface area contributed by atoms with Gasteiger partial charge in [0.05, 0.1) is 0 Å². The van der Waals surface area contributed by atoms with Gasteiger partial charge in [0, 0.05) is 5.41 Å².